The lowest BCUT2D eigenvalue weighted by atomic mass is 9.94. The van der Waals surface area contributed by atoms with E-state index in [1.165, 1.54) is 0 Å². The third-order valence-corrected chi connectivity index (χ3v) is 5.97. The first-order valence-corrected chi connectivity index (χ1v) is 13.0. The van der Waals surface area contributed by atoms with Gasteiger partial charge in [0.25, 0.3) is 0 Å². The number of hydrogen-bond acceptors (Lipinski definition) is 6. The maximum absolute atomic E-state index is 13.0. The number of aliphatic hydroxyl groups excluding tert-OH is 1. The van der Waals surface area contributed by atoms with Crippen LogP contribution in [0.2, 0.25) is 0 Å². The fourth-order valence-electron chi connectivity index (χ4n) is 3.72. The predicted molar refractivity (Wildman–Crippen MR) is 145 cm³/mol. The Morgan fingerprint density at radius 1 is 1.05 bits per heavy atom. The zero-order valence-electron chi connectivity index (χ0n) is 22.3. The lowest BCUT2D eigenvalue weighted by molar-refractivity contribution is -0.150. The second-order valence-electron chi connectivity index (χ2n) is 9.35. The highest BCUT2D eigenvalue weighted by molar-refractivity contribution is 5.86. The molecule has 1 aromatic rings. The molecule has 0 aliphatic rings. The number of amides is 2. The first-order chi connectivity index (χ1) is 17.8. The summed E-state index contributed by atoms with van der Waals surface area (Å²) in [4.78, 5) is 38.3. The number of aliphatic hydroxyl groups is 1. The molecule has 0 saturated heterocycles. The molecule has 0 spiro atoms. The van der Waals surface area contributed by atoms with Crippen LogP contribution in [0.25, 0.3) is 0 Å². The summed E-state index contributed by atoms with van der Waals surface area (Å²) in [5.41, 5.74) is 1.06. The maximum Gasteiger partial charge on any atom is 0.309 e. The van der Waals surface area contributed by atoms with Crippen molar-refractivity contribution in [3.8, 4) is 0 Å². The van der Waals surface area contributed by atoms with Crippen molar-refractivity contribution < 1.29 is 29.0 Å². The van der Waals surface area contributed by atoms with E-state index >= 15 is 0 Å². The normalized spacial score (nSPS) is 13.3. The predicted octanol–water partition coefficient (Wildman–Crippen LogP) is 3.20. The number of ether oxygens (including phenoxy) is 2. The quantitative estimate of drug-likeness (QED) is 0.139. The zero-order valence-corrected chi connectivity index (χ0v) is 22.3. The van der Waals surface area contributed by atoms with Gasteiger partial charge in [-0.15, -0.1) is 13.2 Å². The Kier molecular flexibility index (Phi) is 16.6. The number of esters is 1. The van der Waals surface area contributed by atoms with Crippen molar-refractivity contribution in [1.29, 1.82) is 0 Å². The van der Waals surface area contributed by atoms with E-state index in [4.69, 9.17) is 14.6 Å². The highest BCUT2D eigenvalue weighted by Gasteiger charge is 2.27. The first-order valence-electron chi connectivity index (χ1n) is 13.0. The van der Waals surface area contributed by atoms with Gasteiger partial charge in [0, 0.05) is 13.0 Å². The van der Waals surface area contributed by atoms with E-state index in [0.717, 1.165) is 5.56 Å². The zero-order chi connectivity index (χ0) is 27.5. The Balaban J connectivity index is 2.69. The number of nitrogens with one attached hydrogen (secondary N) is 2. The van der Waals surface area contributed by atoms with E-state index in [2.05, 4.69) is 23.8 Å². The Labute approximate surface area is 221 Å². The molecule has 1 aromatic carbocycles. The molecule has 0 fully saturated rings. The monoisotopic (exact) mass is 516 g/mol. The molecule has 3 N–H and O–H groups in total. The molecule has 0 unspecified atom stereocenters. The van der Waals surface area contributed by atoms with Crippen molar-refractivity contribution in [1.82, 2.24) is 10.6 Å². The summed E-state index contributed by atoms with van der Waals surface area (Å²) in [5.74, 6) is -1.73. The molecule has 0 heterocycles. The van der Waals surface area contributed by atoms with Crippen LogP contribution in [0.3, 0.4) is 0 Å². The minimum Gasteiger partial charge on any atom is -0.463 e. The number of benzene rings is 1. The topological polar surface area (TPSA) is 114 Å². The molecule has 8 nitrogen and oxygen atoms in total. The van der Waals surface area contributed by atoms with Gasteiger partial charge in [0.15, 0.2) is 0 Å². The molecule has 1 rings (SSSR count). The lowest BCUT2D eigenvalue weighted by Gasteiger charge is -2.26. The van der Waals surface area contributed by atoms with Crippen LogP contribution < -0.4 is 10.6 Å². The molecule has 0 aromatic heterocycles. The van der Waals surface area contributed by atoms with Crippen LogP contribution >= 0.6 is 0 Å². The van der Waals surface area contributed by atoms with Gasteiger partial charge in [0.05, 0.1) is 37.7 Å². The summed E-state index contributed by atoms with van der Waals surface area (Å²) in [7, 11) is 0. The minimum absolute atomic E-state index is 0.00313. The maximum atomic E-state index is 13.0. The number of allylic oxidation sites excluding steroid dienone is 2. The van der Waals surface area contributed by atoms with Crippen LogP contribution in [0.5, 0.6) is 0 Å². The van der Waals surface area contributed by atoms with Crippen LogP contribution in [0.15, 0.2) is 55.6 Å². The standard InChI is InChI=1S/C29H44N2O6/c1-5-7-14-25(19-23-12-9-8-10-13-23)29(35)37-21-26(22(3)4)31-28(34)24(11-6-2)20-27(33)30-15-17-36-18-16-32/h5-6,8-10,12-13,22,24-26,32H,1-2,7,11,14-21H2,3-4H3,(H,30,33)(H,31,34)/t24-,25+,26+/m0/s1. The van der Waals surface area contributed by atoms with E-state index in [1.807, 2.05) is 44.2 Å². The van der Waals surface area contributed by atoms with Gasteiger partial charge in [-0.05, 0) is 37.2 Å². The Bertz CT molecular complexity index is 827. The fraction of sp³-hybridized carbons (Fsp3) is 0.552. The second-order valence-corrected chi connectivity index (χ2v) is 9.35. The molecule has 0 saturated carbocycles. The van der Waals surface area contributed by atoms with E-state index < -0.39 is 12.0 Å². The van der Waals surface area contributed by atoms with Gasteiger partial charge in [-0.3, -0.25) is 14.4 Å². The van der Waals surface area contributed by atoms with Crippen LogP contribution in [0, 0.1) is 17.8 Å². The van der Waals surface area contributed by atoms with E-state index in [1.54, 1.807) is 12.2 Å². The van der Waals surface area contributed by atoms with Gasteiger partial charge in [0.2, 0.25) is 11.8 Å². The third kappa shape index (κ3) is 13.8. The molecule has 0 aliphatic carbocycles. The molecule has 2 amide bonds. The van der Waals surface area contributed by atoms with Gasteiger partial charge in [-0.1, -0.05) is 56.3 Å². The van der Waals surface area contributed by atoms with Gasteiger partial charge < -0.3 is 25.2 Å². The highest BCUT2D eigenvalue weighted by atomic mass is 16.5. The lowest BCUT2D eigenvalue weighted by Crippen LogP contribution is -2.46. The molecular weight excluding hydrogens is 472 g/mol. The van der Waals surface area contributed by atoms with Crippen molar-refractivity contribution in [2.75, 3.05) is 33.0 Å². The smallest absolute Gasteiger partial charge is 0.309 e. The SMILES string of the molecule is C=CCC[C@H](Cc1ccccc1)C(=O)OC[C@@H](NC(=O)[C@@H](CC=C)CC(=O)NCCOCCO)C(C)C. The van der Waals surface area contributed by atoms with Crippen molar-refractivity contribution >= 4 is 17.8 Å². The molecule has 8 heteroatoms. The molecule has 0 radical (unpaired) electrons. The summed E-state index contributed by atoms with van der Waals surface area (Å²) < 4.78 is 10.8. The fourth-order valence-corrected chi connectivity index (χ4v) is 3.72. The Morgan fingerprint density at radius 3 is 2.41 bits per heavy atom. The summed E-state index contributed by atoms with van der Waals surface area (Å²) in [6, 6.07) is 9.41. The molecule has 206 valence electrons. The third-order valence-electron chi connectivity index (χ3n) is 5.97. The first kappa shape index (κ1) is 32.1. The second kappa shape index (κ2) is 19.2. The largest absolute Gasteiger partial charge is 0.463 e. The van der Waals surface area contributed by atoms with Crippen LogP contribution in [0.4, 0.5) is 0 Å². The van der Waals surface area contributed by atoms with Gasteiger partial charge in [-0.2, -0.15) is 0 Å². The Morgan fingerprint density at radius 2 is 1.78 bits per heavy atom. The summed E-state index contributed by atoms with van der Waals surface area (Å²) in [6.07, 6.45) is 5.66. The minimum atomic E-state index is -0.591. The van der Waals surface area contributed by atoms with Crippen LogP contribution in [-0.4, -0.2) is 61.9 Å². The number of rotatable bonds is 20. The van der Waals surface area contributed by atoms with Gasteiger partial charge in [-0.25, -0.2) is 0 Å². The van der Waals surface area contributed by atoms with Crippen LogP contribution in [-0.2, 0) is 30.3 Å². The van der Waals surface area contributed by atoms with Crippen molar-refractivity contribution in [2.24, 2.45) is 17.8 Å². The molecule has 3 atom stereocenters. The molecule has 0 bridgehead atoms. The highest BCUT2D eigenvalue weighted by Crippen LogP contribution is 2.18. The van der Waals surface area contributed by atoms with E-state index in [-0.39, 0.29) is 62.5 Å². The van der Waals surface area contributed by atoms with Gasteiger partial charge >= 0.3 is 5.97 Å². The van der Waals surface area contributed by atoms with E-state index in [0.29, 0.717) is 32.2 Å². The van der Waals surface area contributed by atoms with E-state index in [9.17, 15) is 14.4 Å². The van der Waals surface area contributed by atoms with Crippen molar-refractivity contribution in [3.63, 3.8) is 0 Å². The summed E-state index contributed by atoms with van der Waals surface area (Å²) in [5, 5.41) is 14.4. The number of carbonyl (C=O) groups excluding carboxylic acids is 3. The average molecular weight is 517 g/mol. The van der Waals surface area contributed by atoms with Crippen molar-refractivity contribution in [3.05, 3.63) is 61.2 Å². The average Bonchev–Trinajstić information content (AvgIpc) is 2.88. The molecule has 0 aliphatic heterocycles. The number of carbonyl (C=O) groups is 3. The number of hydrogen-bond donors (Lipinski definition) is 3. The Hall–Kier alpha value is -2.97. The summed E-state index contributed by atoms with van der Waals surface area (Å²) in [6.45, 7) is 12.1. The van der Waals surface area contributed by atoms with Crippen LogP contribution in [0.1, 0.15) is 45.1 Å². The summed E-state index contributed by atoms with van der Waals surface area (Å²) >= 11 is 0. The molecule has 37 heavy (non-hydrogen) atoms. The molecular formula is C29H44N2O6. The van der Waals surface area contributed by atoms with Crippen molar-refractivity contribution in [2.45, 2.75) is 52.0 Å². The van der Waals surface area contributed by atoms with Gasteiger partial charge in [0.1, 0.15) is 6.61 Å².